The van der Waals surface area contributed by atoms with Gasteiger partial charge in [-0.1, -0.05) is 19.3 Å². The van der Waals surface area contributed by atoms with E-state index in [-0.39, 0.29) is 11.7 Å². The quantitative estimate of drug-likeness (QED) is 0.648. The lowest BCUT2D eigenvalue weighted by Gasteiger charge is -2.29. The second kappa shape index (κ2) is 3.55. The molecule has 0 unspecified atom stereocenters. The SMILES string of the molecule is O=C(CCl)C1(O)CCCCC1. The van der Waals surface area contributed by atoms with Crippen molar-refractivity contribution in [3.63, 3.8) is 0 Å². The Morgan fingerprint density at radius 3 is 2.36 bits per heavy atom. The maximum Gasteiger partial charge on any atom is 0.178 e. The van der Waals surface area contributed by atoms with E-state index in [9.17, 15) is 9.90 Å². The predicted octanol–water partition coefficient (Wildman–Crippen LogP) is 1.49. The number of hydrogen-bond donors (Lipinski definition) is 1. The van der Waals surface area contributed by atoms with Crippen LogP contribution >= 0.6 is 11.6 Å². The molecule has 11 heavy (non-hydrogen) atoms. The predicted molar refractivity (Wildman–Crippen MR) is 43.8 cm³/mol. The summed E-state index contributed by atoms with van der Waals surface area (Å²) in [6.45, 7) is 0. The molecule has 0 spiro atoms. The smallest absolute Gasteiger partial charge is 0.178 e. The lowest BCUT2D eigenvalue weighted by atomic mass is 9.82. The molecule has 1 aliphatic carbocycles. The average Bonchev–Trinajstić information content (AvgIpc) is 2.04. The van der Waals surface area contributed by atoms with E-state index >= 15 is 0 Å². The van der Waals surface area contributed by atoms with Gasteiger partial charge in [0.15, 0.2) is 5.78 Å². The van der Waals surface area contributed by atoms with Gasteiger partial charge in [-0.2, -0.15) is 0 Å². The van der Waals surface area contributed by atoms with E-state index in [4.69, 9.17) is 11.6 Å². The van der Waals surface area contributed by atoms with Crippen LogP contribution in [0.25, 0.3) is 0 Å². The average molecular weight is 177 g/mol. The molecule has 3 heteroatoms. The molecule has 0 amide bonds. The van der Waals surface area contributed by atoms with Crippen LogP contribution in [0.3, 0.4) is 0 Å². The maximum atomic E-state index is 11.1. The van der Waals surface area contributed by atoms with E-state index in [0.29, 0.717) is 12.8 Å². The normalized spacial score (nSPS) is 23.1. The third-order valence-corrected chi connectivity index (χ3v) is 2.56. The summed E-state index contributed by atoms with van der Waals surface area (Å²) >= 11 is 5.37. The molecule has 1 fully saturated rings. The number of rotatable bonds is 2. The van der Waals surface area contributed by atoms with Gasteiger partial charge in [-0.05, 0) is 12.8 Å². The van der Waals surface area contributed by atoms with E-state index in [0.717, 1.165) is 19.3 Å². The number of ketones is 1. The van der Waals surface area contributed by atoms with Gasteiger partial charge < -0.3 is 5.11 Å². The topological polar surface area (TPSA) is 37.3 Å². The summed E-state index contributed by atoms with van der Waals surface area (Å²) in [6, 6.07) is 0. The largest absolute Gasteiger partial charge is 0.382 e. The Balaban J connectivity index is 2.56. The summed E-state index contributed by atoms with van der Waals surface area (Å²) in [6.07, 6.45) is 4.20. The van der Waals surface area contributed by atoms with Crippen LogP contribution in [0.4, 0.5) is 0 Å². The number of carbonyl (C=O) groups is 1. The fourth-order valence-corrected chi connectivity index (χ4v) is 1.79. The minimum Gasteiger partial charge on any atom is -0.382 e. The van der Waals surface area contributed by atoms with Crippen LogP contribution in [0.1, 0.15) is 32.1 Å². The number of halogens is 1. The molecule has 0 bridgehead atoms. The Morgan fingerprint density at radius 1 is 1.36 bits per heavy atom. The van der Waals surface area contributed by atoms with Crippen molar-refractivity contribution in [2.75, 3.05) is 5.88 Å². The molecule has 0 aliphatic heterocycles. The zero-order valence-electron chi connectivity index (χ0n) is 6.48. The molecular weight excluding hydrogens is 164 g/mol. The fraction of sp³-hybridized carbons (Fsp3) is 0.875. The first-order valence-corrected chi connectivity index (χ1v) is 4.54. The van der Waals surface area contributed by atoms with Gasteiger partial charge in [0.2, 0.25) is 0 Å². The number of Topliss-reactive ketones (excluding diaryl/α,β-unsaturated/α-hetero) is 1. The Bertz CT molecular complexity index is 150. The summed E-state index contributed by atoms with van der Waals surface area (Å²) in [7, 11) is 0. The zero-order chi connectivity index (χ0) is 8.32. The molecule has 1 N–H and O–H groups in total. The van der Waals surface area contributed by atoms with Crippen molar-refractivity contribution in [2.24, 2.45) is 0 Å². The number of aliphatic hydroxyl groups is 1. The van der Waals surface area contributed by atoms with Crippen molar-refractivity contribution in [3.8, 4) is 0 Å². The number of hydrogen-bond acceptors (Lipinski definition) is 2. The van der Waals surface area contributed by atoms with E-state index in [1.807, 2.05) is 0 Å². The Kier molecular flexibility index (Phi) is 2.90. The third-order valence-electron chi connectivity index (χ3n) is 2.32. The Labute approximate surface area is 71.5 Å². The van der Waals surface area contributed by atoms with Crippen LogP contribution in [0.5, 0.6) is 0 Å². The molecule has 2 nitrogen and oxygen atoms in total. The molecule has 1 saturated carbocycles. The van der Waals surface area contributed by atoms with Crippen LogP contribution in [0.2, 0.25) is 0 Å². The number of alkyl halides is 1. The molecule has 0 atom stereocenters. The molecule has 0 radical (unpaired) electrons. The van der Waals surface area contributed by atoms with Gasteiger partial charge in [-0.25, -0.2) is 0 Å². The molecule has 0 aromatic carbocycles. The van der Waals surface area contributed by atoms with Crippen molar-refractivity contribution in [1.82, 2.24) is 0 Å². The van der Waals surface area contributed by atoms with E-state index < -0.39 is 5.60 Å². The summed E-state index contributed by atoms with van der Waals surface area (Å²) in [4.78, 5) is 11.1. The van der Waals surface area contributed by atoms with Crippen LogP contribution < -0.4 is 0 Å². The van der Waals surface area contributed by atoms with Crippen molar-refractivity contribution in [1.29, 1.82) is 0 Å². The molecule has 1 aliphatic rings. The third kappa shape index (κ3) is 1.94. The Morgan fingerprint density at radius 2 is 1.91 bits per heavy atom. The van der Waals surface area contributed by atoms with Gasteiger partial charge in [0.05, 0.1) is 5.88 Å². The van der Waals surface area contributed by atoms with Gasteiger partial charge in [-0.3, -0.25) is 4.79 Å². The molecule has 0 heterocycles. The maximum absolute atomic E-state index is 11.1. The lowest BCUT2D eigenvalue weighted by molar-refractivity contribution is -0.137. The summed E-state index contributed by atoms with van der Waals surface area (Å²) in [5, 5.41) is 9.71. The summed E-state index contributed by atoms with van der Waals surface area (Å²) in [5.74, 6) is -0.268. The second-order valence-electron chi connectivity index (χ2n) is 3.15. The summed E-state index contributed by atoms with van der Waals surface area (Å²) in [5.41, 5.74) is -1.08. The van der Waals surface area contributed by atoms with Gasteiger partial charge in [-0.15, -0.1) is 11.6 Å². The first kappa shape index (κ1) is 9.01. The van der Waals surface area contributed by atoms with Crippen molar-refractivity contribution in [3.05, 3.63) is 0 Å². The monoisotopic (exact) mass is 176 g/mol. The summed E-state index contributed by atoms with van der Waals surface area (Å²) < 4.78 is 0. The first-order valence-electron chi connectivity index (χ1n) is 4.01. The highest BCUT2D eigenvalue weighted by atomic mass is 35.5. The van der Waals surface area contributed by atoms with Crippen LogP contribution in [-0.2, 0) is 4.79 Å². The van der Waals surface area contributed by atoms with Gasteiger partial charge in [0.1, 0.15) is 5.60 Å². The van der Waals surface area contributed by atoms with Crippen LogP contribution in [-0.4, -0.2) is 22.4 Å². The van der Waals surface area contributed by atoms with E-state index in [1.54, 1.807) is 0 Å². The van der Waals surface area contributed by atoms with Gasteiger partial charge >= 0.3 is 0 Å². The van der Waals surface area contributed by atoms with E-state index in [1.165, 1.54) is 0 Å². The van der Waals surface area contributed by atoms with E-state index in [2.05, 4.69) is 0 Å². The van der Waals surface area contributed by atoms with Gasteiger partial charge in [0.25, 0.3) is 0 Å². The zero-order valence-corrected chi connectivity index (χ0v) is 7.23. The first-order chi connectivity index (χ1) is 5.19. The van der Waals surface area contributed by atoms with Crippen LogP contribution in [0.15, 0.2) is 0 Å². The lowest BCUT2D eigenvalue weighted by Crippen LogP contribution is -2.41. The highest BCUT2D eigenvalue weighted by Crippen LogP contribution is 2.28. The molecular formula is C8H13ClO2. The van der Waals surface area contributed by atoms with Crippen molar-refractivity contribution in [2.45, 2.75) is 37.7 Å². The fourth-order valence-electron chi connectivity index (χ4n) is 1.54. The van der Waals surface area contributed by atoms with Crippen molar-refractivity contribution < 1.29 is 9.90 Å². The number of carbonyl (C=O) groups excluding carboxylic acids is 1. The molecule has 0 aromatic heterocycles. The van der Waals surface area contributed by atoms with Crippen molar-refractivity contribution >= 4 is 17.4 Å². The molecule has 0 saturated heterocycles. The van der Waals surface area contributed by atoms with Crippen LogP contribution in [0, 0.1) is 0 Å². The molecule has 64 valence electrons. The second-order valence-corrected chi connectivity index (χ2v) is 3.42. The highest BCUT2D eigenvalue weighted by Gasteiger charge is 2.35. The molecule has 0 aromatic rings. The minimum atomic E-state index is -1.08. The standard InChI is InChI=1S/C8H13ClO2/c9-6-7(10)8(11)4-2-1-3-5-8/h11H,1-6H2. The molecule has 1 rings (SSSR count). The van der Waals surface area contributed by atoms with Gasteiger partial charge in [0, 0.05) is 0 Å². The Hall–Kier alpha value is -0.0800. The highest BCUT2D eigenvalue weighted by molar-refractivity contribution is 6.28. The minimum absolute atomic E-state index is 0.0590.